The Hall–Kier alpha value is 0.410. The molecule has 5 nitrogen and oxygen atoms in total. The summed E-state index contributed by atoms with van der Waals surface area (Å²) in [6.07, 6.45) is 0. The molecule has 2 N–H and O–H groups in total. The zero-order valence-electron chi connectivity index (χ0n) is 7.68. The van der Waals surface area contributed by atoms with Crippen LogP contribution in [0.5, 0.6) is 0 Å². The zero-order valence-corrected chi connectivity index (χ0v) is 10.1. The zero-order chi connectivity index (χ0) is 9.03. The molecule has 88 valence electrons. The number of halogens is 2. The van der Waals surface area contributed by atoms with E-state index in [0.717, 1.165) is 26.2 Å². The molecule has 1 aliphatic rings. The molecule has 0 atom stereocenters. The van der Waals surface area contributed by atoms with Gasteiger partial charge in [0, 0.05) is 32.7 Å². The molecule has 0 spiro atoms. The van der Waals surface area contributed by atoms with E-state index in [0.29, 0.717) is 6.54 Å². The van der Waals surface area contributed by atoms with E-state index in [2.05, 4.69) is 5.32 Å². The molecule has 1 heterocycles. The summed E-state index contributed by atoms with van der Waals surface area (Å²) < 4.78 is 29.3. The van der Waals surface area contributed by atoms with Gasteiger partial charge in [-0.3, -0.25) is 9.45 Å². The maximum Gasteiger partial charge on any atom is 0.266 e. The molecule has 0 amide bonds. The number of rotatable bonds is 3. The molecule has 1 rings (SSSR count). The number of hydrogen-bond donors (Lipinski definition) is 2. The molecular weight excluding hydrogens is 251 g/mol. The van der Waals surface area contributed by atoms with Gasteiger partial charge >= 0.3 is 0 Å². The van der Waals surface area contributed by atoms with Crippen LogP contribution in [0.4, 0.5) is 0 Å². The normalized spacial score (nSPS) is 18.1. The number of nitrogens with zero attached hydrogens (tertiary/aromatic N) is 1. The maximum absolute atomic E-state index is 10.4. The van der Waals surface area contributed by atoms with Crippen molar-refractivity contribution in [2.75, 3.05) is 38.5 Å². The van der Waals surface area contributed by atoms with Crippen molar-refractivity contribution in [3.8, 4) is 0 Å². The van der Waals surface area contributed by atoms with Crippen molar-refractivity contribution in [2.45, 2.75) is 0 Å². The molecule has 0 bridgehead atoms. The highest BCUT2D eigenvalue weighted by atomic mass is 35.5. The SMILES string of the molecule is Cl.Cl.O=S(=O)(O)CCN1CCNCC1. The highest BCUT2D eigenvalue weighted by molar-refractivity contribution is 7.85. The maximum atomic E-state index is 10.4. The molecule has 14 heavy (non-hydrogen) atoms. The molecule has 8 heteroatoms. The Balaban J connectivity index is 0. The Morgan fingerprint density at radius 2 is 1.71 bits per heavy atom. The van der Waals surface area contributed by atoms with E-state index in [1.54, 1.807) is 0 Å². The van der Waals surface area contributed by atoms with Gasteiger partial charge in [-0.05, 0) is 0 Å². The Morgan fingerprint density at radius 1 is 1.21 bits per heavy atom. The highest BCUT2D eigenvalue weighted by Crippen LogP contribution is 1.93. The van der Waals surface area contributed by atoms with Crippen LogP contribution in [0, 0.1) is 0 Å². The van der Waals surface area contributed by atoms with E-state index >= 15 is 0 Å². The van der Waals surface area contributed by atoms with E-state index in [1.165, 1.54) is 0 Å². The van der Waals surface area contributed by atoms with Crippen LogP contribution in [0.15, 0.2) is 0 Å². The first kappa shape index (κ1) is 16.8. The molecule has 1 fully saturated rings. The molecule has 1 saturated heterocycles. The first-order valence-corrected chi connectivity index (χ1v) is 5.57. The fourth-order valence-corrected chi connectivity index (χ4v) is 1.67. The van der Waals surface area contributed by atoms with Gasteiger partial charge in [-0.2, -0.15) is 8.42 Å². The minimum absolute atomic E-state index is 0. The summed E-state index contributed by atoms with van der Waals surface area (Å²) in [5, 5.41) is 3.16. The first-order chi connectivity index (χ1) is 5.58. The van der Waals surface area contributed by atoms with Crippen molar-refractivity contribution in [1.29, 1.82) is 0 Å². The fourth-order valence-electron chi connectivity index (χ4n) is 1.18. The minimum atomic E-state index is -3.79. The monoisotopic (exact) mass is 266 g/mol. The molecular formula is C6H16Cl2N2O3S. The van der Waals surface area contributed by atoms with E-state index in [1.807, 2.05) is 4.90 Å². The number of hydrogen-bond acceptors (Lipinski definition) is 4. The van der Waals surface area contributed by atoms with Gasteiger partial charge in [0.2, 0.25) is 0 Å². The van der Waals surface area contributed by atoms with Crippen LogP contribution in [0.1, 0.15) is 0 Å². The summed E-state index contributed by atoms with van der Waals surface area (Å²) in [6.45, 7) is 3.93. The van der Waals surface area contributed by atoms with Gasteiger partial charge in [0.05, 0.1) is 5.75 Å². The molecule has 0 aromatic heterocycles. The molecule has 0 aromatic carbocycles. The lowest BCUT2D eigenvalue weighted by molar-refractivity contribution is 0.252. The minimum Gasteiger partial charge on any atom is -0.314 e. The van der Waals surface area contributed by atoms with Crippen LogP contribution in [0.2, 0.25) is 0 Å². The Morgan fingerprint density at radius 3 is 2.14 bits per heavy atom. The second kappa shape index (κ2) is 7.67. The van der Waals surface area contributed by atoms with E-state index < -0.39 is 10.1 Å². The van der Waals surface area contributed by atoms with E-state index in [-0.39, 0.29) is 30.6 Å². The van der Waals surface area contributed by atoms with Crippen LogP contribution in [-0.4, -0.2) is 56.3 Å². The van der Waals surface area contributed by atoms with Crippen LogP contribution in [0.25, 0.3) is 0 Å². The second-order valence-electron chi connectivity index (χ2n) is 2.88. The largest absolute Gasteiger partial charge is 0.314 e. The predicted octanol–water partition coefficient (Wildman–Crippen LogP) is -0.377. The van der Waals surface area contributed by atoms with Gasteiger partial charge in [-0.25, -0.2) is 0 Å². The van der Waals surface area contributed by atoms with Crippen molar-refractivity contribution < 1.29 is 13.0 Å². The third-order valence-electron chi connectivity index (χ3n) is 1.88. The lowest BCUT2D eigenvalue weighted by atomic mass is 10.4. The van der Waals surface area contributed by atoms with Crippen LogP contribution in [-0.2, 0) is 10.1 Å². The average Bonchev–Trinajstić information content (AvgIpc) is 2.02. The Labute approximate surface area is 96.8 Å². The lowest BCUT2D eigenvalue weighted by Gasteiger charge is -2.26. The Bertz CT molecular complexity index is 229. The number of piperazine rings is 1. The first-order valence-electron chi connectivity index (χ1n) is 3.96. The van der Waals surface area contributed by atoms with Crippen LogP contribution in [0.3, 0.4) is 0 Å². The Kier molecular flexibility index (Phi) is 9.22. The lowest BCUT2D eigenvalue weighted by Crippen LogP contribution is -2.45. The summed E-state index contributed by atoms with van der Waals surface area (Å²) in [7, 11) is -3.79. The highest BCUT2D eigenvalue weighted by Gasteiger charge is 2.12. The van der Waals surface area contributed by atoms with Crippen LogP contribution >= 0.6 is 24.8 Å². The summed E-state index contributed by atoms with van der Waals surface area (Å²) in [5.74, 6) is -0.160. The van der Waals surface area contributed by atoms with Gasteiger partial charge in [-0.1, -0.05) is 0 Å². The summed E-state index contributed by atoms with van der Waals surface area (Å²) >= 11 is 0. The third kappa shape index (κ3) is 7.78. The van der Waals surface area contributed by atoms with Gasteiger partial charge in [0.15, 0.2) is 0 Å². The molecule has 1 aliphatic heterocycles. The van der Waals surface area contributed by atoms with Gasteiger partial charge < -0.3 is 5.32 Å². The van der Waals surface area contributed by atoms with Crippen molar-refractivity contribution in [2.24, 2.45) is 0 Å². The van der Waals surface area contributed by atoms with Crippen LogP contribution < -0.4 is 5.32 Å². The standard InChI is InChI=1S/C6H14N2O3S.2ClH/c9-12(10,11)6-5-8-3-1-7-2-4-8;;/h7H,1-6H2,(H,9,10,11);2*1H. The smallest absolute Gasteiger partial charge is 0.266 e. The number of nitrogens with one attached hydrogen (secondary N) is 1. The average molecular weight is 267 g/mol. The molecule has 0 aromatic rings. The van der Waals surface area contributed by atoms with Crippen molar-refractivity contribution in [3.05, 3.63) is 0 Å². The quantitative estimate of drug-likeness (QED) is 0.682. The topological polar surface area (TPSA) is 69.6 Å². The third-order valence-corrected chi connectivity index (χ3v) is 2.57. The second-order valence-corrected chi connectivity index (χ2v) is 4.45. The van der Waals surface area contributed by atoms with Gasteiger partial charge in [0.25, 0.3) is 10.1 Å². The molecule has 0 unspecified atom stereocenters. The fraction of sp³-hybridized carbons (Fsp3) is 1.00. The van der Waals surface area contributed by atoms with Crippen molar-refractivity contribution in [1.82, 2.24) is 10.2 Å². The summed E-state index contributed by atoms with van der Waals surface area (Å²) in [4.78, 5) is 2.02. The van der Waals surface area contributed by atoms with E-state index in [9.17, 15) is 8.42 Å². The molecule has 0 aliphatic carbocycles. The van der Waals surface area contributed by atoms with Gasteiger partial charge in [0.1, 0.15) is 0 Å². The summed E-state index contributed by atoms with van der Waals surface area (Å²) in [6, 6.07) is 0. The van der Waals surface area contributed by atoms with Crippen molar-refractivity contribution in [3.63, 3.8) is 0 Å². The molecule has 0 saturated carbocycles. The summed E-state index contributed by atoms with van der Waals surface area (Å²) in [5.41, 5.74) is 0. The molecule has 0 radical (unpaired) electrons. The predicted molar refractivity (Wildman–Crippen MR) is 60.2 cm³/mol. The van der Waals surface area contributed by atoms with Gasteiger partial charge in [-0.15, -0.1) is 24.8 Å². The van der Waals surface area contributed by atoms with Crippen molar-refractivity contribution >= 4 is 34.9 Å². The van der Waals surface area contributed by atoms with E-state index in [4.69, 9.17) is 4.55 Å².